The van der Waals surface area contributed by atoms with Crippen LogP contribution in [0, 0.1) is 0 Å². The lowest BCUT2D eigenvalue weighted by Gasteiger charge is -2.06. The summed E-state index contributed by atoms with van der Waals surface area (Å²) in [5.74, 6) is 0.683. The fraction of sp³-hybridized carbons (Fsp3) is 0.308. The Labute approximate surface area is 123 Å². The Morgan fingerprint density at radius 3 is 2.95 bits per heavy atom. The number of hydrogen-bond acceptors (Lipinski definition) is 5. The van der Waals surface area contributed by atoms with E-state index in [1.165, 1.54) is 17.1 Å². The second kappa shape index (κ2) is 6.70. The van der Waals surface area contributed by atoms with Gasteiger partial charge in [0.05, 0.1) is 19.9 Å². The zero-order valence-corrected chi connectivity index (χ0v) is 12.5. The van der Waals surface area contributed by atoms with Crippen molar-refractivity contribution in [2.45, 2.75) is 18.0 Å². The van der Waals surface area contributed by atoms with Crippen molar-refractivity contribution < 1.29 is 13.2 Å². The minimum Gasteiger partial charge on any atom is -0.497 e. The number of benzene rings is 1. The van der Waals surface area contributed by atoms with Gasteiger partial charge < -0.3 is 10.5 Å². The van der Waals surface area contributed by atoms with E-state index in [1.807, 2.05) is 12.1 Å². The van der Waals surface area contributed by atoms with Gasteiger partial charge in [-0.2, -0.15) is 5.10 Å². The van der Waals surface area contributed by atoms with Crippen molar-refractivity contribution in [1.29, 1.82) is 0 Å². The lowest BCUT2D eigenvalue weighted by atomic mass is 10.2. The average molecular weight is 310 g/mol. The van der Waals surface area contributed by atoms with Crippen LogP contribution < -0.4 is 15.2 Å². The van der Waals surface area contributed by atoms with Gasteiger partial charge in [-0.25, -0.2) is 13.1 Å². The molecule has 1 aromatic heterocycles. The Morgan fingerprint density at radius 2 is 2.24 bits per heavy atom. The first-order chi connectivity index (χ1) is 10.0. The van der Waals surface area contributed by atoms with Gasteiger partial charge in [0, 0.05) is 19.3 Å². The number of methoxy groups -OCH3 is 1. The molecule has 0 unspecified atom stereocenters. The highest BCUT2D eigenvalue weighted by Crippen LogP contribution is 2.13. The van der Waals surface area contributed by atoms with Gasteiger partial charge in [0.2, 0.25) is 10.0 Å². The molecule has 3 N–H and O–H groups in total. The predicted molar refractivity (Wildman–Crippen MR) is 78.3 cm³/mol. The fourth-order valence-electron chi connectivity index (χ4n) is 1.78. The molecule has 0 saturated carbocycles. The molecule has 0 amide bonds. The highest BCUT2D eigenvalue weighted by molar-refractivity contribution is 7.89. The van der Waals surface area contributed by atoms with E-state index in [2.05, 4.69) is 9.82 Å². The maximum Gasteiger partial charge on any atom is 0.243 e. The van der Waals surface area contributed by atoms with Crippen molar-refractivity contribution in [2.75, 3.05) is 13.7 Å². The first kappa shape index (κ1) is 15.5. The van der Waals surface area contributed by atoms with E-state index < -0.39 is 10.0 Å². The average Bonchev–Trinajstić information content (AvgIpc) is 2.95. The van der Waals surface area contributed by atoms with Gasteiger partial charge in [-0.1, -0.05) is 12.1 Å². The molecule has 1 aromatic carbocycles. The molecule has 1 heterocycles. The number of sulfonamides is 1. The van der Waals surface area contributed by atoms with Crippen LogP contribution in [0.25, 0.3) is 0 Å². The summed E-state index contributed by atoms with van der Waals surface area (Å²) >= 11 is 0. The summed E-state index contributed by atoms with van der Waals surface area (Å²) < 4.78 is 33.4. The normalized spacial score (nSPS) is 11.5. The van der Waals surface area contributed by atoms with Crippen molar-refractivity contribution in [2.24, 2.45) is 5.73 Å². The Balaban J connectivity index is 2.06. The molecule has 0 bridgehead atoms. The summed E-state index contributed by atoms with van der Waals surface area (Å²) in [6.07, 6.45) is 2.77. The molecule has 2 rings (SSSR count). The number of rotatable bonds is 7. The van der Waals surface area contributed by atoms with Crippen LogP contribution in [0.4, 0.5) is 0 Å². The highest BCUT2D eigenvalue weighted by atomic mass is 32.2. The van der Waals surface area contributed by atoms with E-state index in [1.54, 1.807) is 19.2 Å². The molecule has 0 aliphatic heterocycles. The molecular weight excluding hydrogens is 292 g/mol. The van der Waals surface area contributed by atoms with Gasteiger partial charge in [-0.05, 0) is 17.7 Å². The minimum absolute atomic E-state index is 0.124. The lowest BCUT2D eigenvalue weighted by molar-refractivity contribution is 0.414. The van der Waals surface area contributed by atoms with Crippen LogP contribution in [0.15, 0.2) is 41.6 Å². The summed E-state index contributed by atoms with van der Waals surface area (Å²) in [4.78, 5) is 0.124. The van der Waals surface area contributed by atoms with Crippen LogP contribution in [0.2, 0.25) is 0 Å². The third-order valence-electron chi connectivity index (χ3n) is 2.88. The molecule has 0 radical (unpaired) electrons. The number of hydrogen-bond donors (Lipinski definition) is 2. The van der Waals surface area contributed by atoms with E-state index in [0.717, 1.165) is 5.56 Å². The van der Waals surface area contributed by atoms with E-state index in [0.29, 0.717) is 18.8 Å². The number of nitrogens with zero attached hydrogens (tertiary/aromatic N) is 2. The van der Waals surface area contributed by atoms with Crippen LogP contribution in [0.3, 0.4) is 0 Å². The van der Waals surface area contributed by atoms with E-state index in [-0.39, 0.29) is 11.4 Å². The van der Waals surface area contributed by atoms with Crippen LogP contribution in [0.1, 0.15) is 5.56 Å². The Morgan fingerprint density at radius 1 is 1.43 bits per heavy atom. The largest absolute Gasteiger partial charge is 0.497 e. The SMILES string of the molecule is COc1cccc(CNS(=O)(=O)c2cnn(CCN)c2)c1. The summed E-state index contributed by atoms with van der Waals surface area (Å²) in [5, 5.41) is 3.95. The summed E-state index contributed by atoms with van der Waals surface area (Å²) in [6, 6.07) is 7.21. The van der Waals surface area contributed by atoms with Gasteiger partial charge in [0.1, 0.15) is 10.6 Å². The zero-order chi connectivity index (χ0) is 15.3. The molecule has 2 aromatic rings. The molecule has 0 atom stereocenters. The molecule has 0 aliphatic carbocycles. The Kier molecular flexibility index (Phi) is 4.94. The van der Waals surface area contributed by atoms with Gasteiger partial charge >= 0.3 is 0 Å². The molecule has 0 fully saturated rings. The van der Waals surface area contributed by atoms with Crippen molar-refractivity contribution in [3.63, 3.8) is 0 Å². The van der Waals surface area contributed by atoms with Crippen molar-refractivity contribution in [3.05, 3.63) is 42.2 Å². The van der Waals surface area contributed by atoms with Crippen LogP contribution in [-0.4, -0.2) is 31.9 Å². The first-order valence-electron chi connectivity index (χ1n) is 6.40. The quantitative estimate of drug-likeness (QED) is 0.768. The smallest absolute Gasteiger partial charge is 0.243 e. The van der Waals surface area contributed by atoms with Gasteiger partial charge in [-0.3, -0.25) is 4.68 Å². The maximum absolute atomic E-state index is 12.2. The van der Waals surface area contributed by atoms with E-state index in [9.17, 15) is 8.42 Å². The predicted octanol–water partition coefficient (Wildman–Crippen LogP) is 0.329. The number of aromatic nitrogens is 2. The monoisotopic (exact) mass is 310 g/mol. The summed E-state index contributed by atoms with van der Waals surface area (Å²) in [6.45, 7) is 1.06. The van der Waals surface area contributed by atoms with Crippen molar-refractivity contribution in [3.8, 4) is 5.75 Å². The fourth-order valence-corrected chi connectivity index (χ4v) is 2.75. The highest BCUT2D eigenvalue weighted by Gasteiger charge is 2.16. The lowest BCUT2D eigenvalue weighted by Crippen LogP contribution is -2.23. The van der Waals surface area contributed by atoms with Crippen molar-refractivity contribution >= 4 is 10.0 Å². The second-order valence-electron chi connectivity index (χ2n) is 4.40. The first-order valence-corrected chi connectivity index (χ1v) is 7.88. The standard InChI is InChI=1S/C13H18N4O3S/c1-20-12-4-2-3-11(7-12)8-16-21(18,19)13-9-15-17(10-13)6-5-14/h2-4,7,9-10,16H,5-6,8,14H2,1H3. The molecule has 7 nitrogen and oxygen atoms in total. The molecule has 114 valence electrons. The Hall–Kier alpha value is -1.90. The third kappa shape index (κ3) is 4.03. The van der Waals surface area contributed by atoms with Gasteiger partial charge in [-0.15, -0.1) is 0 Å². The van der Waals surface area contributed by atoms with Crippen LogP contribution in [0.5, 0.6) is 5.75 Å². The topological polar surface area (TPSA) is 99.2 Å². The van der Waals surface area contributed by atoms with Gasteiger partial charge in [0.25, 0.3) is 0 Å². The van der Waals surface area contributed by atoms with E-state index >= 15 is 0 Å². The molecule has 8 heteroatoms. The summed E-state index contributed by atoms with van der Waals surface area (Å²) in [7, 11) is -2.03. The molecular formula is C13H18N4O3S. The van der Waals surface area contributed by atoms with Crippen molar-refractivity contribution in [1.82, 2.24) is 14.5 Å². The molecule has 0 spiro atoms. The number of nitrogens with one attached hydrogen (secondary N) is 1. The zero-order valence-electron chi connectivity index (χ0n) is 11.7. The summed E-state index contributed by atoms with van der Waals surface area (Å²) in [5.41, 5.74) is 6.22. The number of ether oxygens (including phenoxy) is 1. The number of nitrogens with two attached hydrogens (primary N) is 1. The molecule has 0 aliphatic rings. The molecule has 21 heavy (non-hydrogen) atoms. The van der Waals surface area contributed by atoms with Crippen LogP contribution in [-0.2, 0) is 23.1 Å². The third-order valence-corrected chi connectivity index (χ3v) is 4.23. The minimum atomic E-state index is -3.59. The van der Waals surface area contributed by atoms with Crippen LogP contribution >= 0.6 is 0 Å². The molecule has 0 saturated heterocycles. The Bertz CT molecular complexity index is 697. The van der Waals surface area contributed by atoms with Gasteiger partial charge in [0.15, 0.2) is 0 Å². The maximum atomic E-state index is 12.2. The van der Waals surface area contributed by atoms with E-state index in [4.69, 9.17) is 10.5 Å². The second-order valence-corrected chi connectivity index (χ2v) is 6.17.